The van der Waals surface area contributed by atoms with Gasteiger partial charge in [0, 0.05) is 13.0 Å². The van der Waals surface area contributed by atoms with E-state index >= 15 is 0 Å². The van der Waals surface area contributed by atoms with Crippen LogP contribution in [0.2, 0.25) is 0 Å². The molecule has 5 unspecified atom stereocenters. The quantitative estimate of drug-likeness (QED) is 0.0645. The number of guanidine groups is 1. The van der Waals surface area contributed by atoms with Crippen LogP contribution in [0.3, 0.4) is 0 Å². The Kier molecular flexibility index (Phi) is 14.0. The molecular weight excluding hydrogens is 510 g/mol. The summed E-state index contributed by atoms with van der Waals surface area (Å²) in [4.78, 5) is 65.8. The minimum atomic E-state index is -1.59. The summed E-state index contributed by atoms with van der Waals surface area (Å²) in [5.74, 6) is -5.68. The number of hydrogen-bond donors (Lipinski definition) is 8. The molecule has 0 fully saturated rings. The molecule has 0 bridgehead atoms. The summed E-state index contributed by atoms with van der Waals surface area (Å²) in [6, 6.07) is 3.63. The molecule has 0 saturated carbocycles. The molecule has 14 heteroatoms. The molecular formula is C25H39N7O7. The summed E-state index contributed by atoms with van der Waals surface area (Å²) >= 11 is 0. The second kappa shape index (κ2) is 16.6. The number of aliphatic carboxylic acids is 2. The molecule has 5 atom stereocenters. The third-order valence-electron chi connectivity index (χ3n) is 6.01. The van der Waals surface area contributed by atoms with Crippen molar-refractivity contribution in [1.29, 1.82) is 0 Å². The monoisotopic (exact) mass is 549 g/mol. The Hall–Kier alpha value is -4.20. The van der Waals surface area contributed by atoms with Crippen molar-refractivity contribution in [2.75, 3.05) is 6.54 Å². The van der Waals surface area contributed by atoms with Gasteiger partial charge in [-0.25, -0.2) is 4.79 Å². The number of amides is 3. The number of hydrogen-bond acceptors (Lipinski definition) is 7. The SMILES string of the molecule is CCC(C)C(NC(=O)C(CC(=O)O)NC(=O)C(Cc1ccccc1)NC(=O)C(N)CCCN=C(N)N)C(=O)O. The Morgan fingerprint density at radius 2 is 1.51 bits per heavy atom. The highest BCUT2D eigenvalue weighted by atomic mass is 16.4. The topological polar surface area (TPSA) is 252 Å². The second-order valence-corrected chi connectivity index (χ2v) is 9.18. The number of nitrogens with one attached hydrogen (secondary N) is 3. The largest absolute Gasteiger partial charge is 0.481 e. The van der Waals surface area contributed by atoms with Crippen molar-refractivity contribution in [2.45, 2.75) is 70.1 Å². The summed E-state index contributed by atoms with van der Waals surface area (Å²) in [5.41, 5.74) is 17.2. The predicted octanol–water partition coefficient (Wildman–Crippen LogP) is -1.33. The Bertz CT molecular complexity index is 1020. The maximum absolute atomic E-state index is 13.2. The zero-order valence-corrected chi connectivity index (χ0v) is 22.1. The molecule has 1 rings (SSSR count). The van der Waals surface area contributed by atoms with Gasteiger partial charge >= 0.3 is 11.9 Å². The second-order valence-electron chi connectivity index (χ2n) is 9.18. The number of benzene rings is 1. The van der Waals surface area contributed by atoms with E-state index in [2.05, 4.69) is 20.9 Å². The van der Waals surface area contributed by atoms with Gasteiger partial charge in [0.2, 0.25) is 17.7 Å². The van der Waals surface area contributed by atoms with Crippen LogP contribution < -0.4 is 33.2 Å². The van der Waals surface area contributed by atoms with Gasteiger partial charge in [-0.05, 0) is 24.3 Å². The van der Waals surface area contributed by atoms with Gasteiger partial charge < -0.3 is 43.4 Å². The van der Waals surface area contributed by atoms with Crippen LogP contribution in [0.25, 0.3) is 0 Å². The van der Waals surface area contributed by atoms with E-state index in [9.17, 15) is 34.2 Å². The van der Waals surface area contributed by atoms with E-state index in [1.165, 1.54) is 0 Å². The third kappa shape index (κ3) is 12.3. The van der Waals surface area contributed by atoms with E-state index in [1.807, 2.05) is 0 Å². The predicted molar refractivity (Wildman–Crippen MR) is 143 cm³/mol. The van der Waals surface area contributed by atoms with E-state index < -0.39 is 66.2 Å². The normalized spacial score (nSPS) is 14.5. The van der Waals surface area contributed by atoms with Crippen molar-refractivity contribution in [3.05, 3.63) is 35.9 Å². The van der Waals surface area contributed by atoms with E-state index in [1.54, 1.807) is 44.2 Å². The van der Waals surface area contributed by atoms with Crippen LogP contribution in [0, 0.1) is 5.92 Å². The van der Waals surface area contributed by atoms with Crippen molar-refractivity contribution in [1.82, 2.24) is 16.0 Å². The Labute approximate surface area is 226 Å². The van der Waals surface area contributed by atoms with Crippen LogP contribution in [0.1, 0.15) is 45.1 Å². The maximum atomic E-state index is 13.2. The molecule has 14 nitrogen and oxygen atoms in total. The molecule has 0 heterocycles. The van der Waals surface area contributed by atoms with Crippen LogP contribution in [-0.4, -0.2) is 76.5 Å². The summed E-state index contributed by atoms with van der Waals surface area (Å²) in [5, 5.41) is 26.0. The summed E-state index contributed by atoms with van der Waals surface area (Å²) in [6.07, 6.45) is 0.277. The number of carbonyl (C=O) groups excluding carboxylic acids is 3. The van der Waals surface area contributed by atoms with E-state index in [0.29, 0.717) is 18.4 Å². The third-order valence-corrected chi connectivity index (χ3v) is 6.01. The lowest BCUT2D eigenvalue weighted by atomic mass is 9.98. The maximum Gasteiger partial charge on any atom is 0.326 e. The molecule has 0 aliphatic rings. The van der Waals surface area contributed by atoms with Crippen LogP contribution >= 0.6 is 0 Å². The highest BCUT2D eigenvalue weighted by Gasteiger charge is 2.33. The summed E-state index contributed by atoms with van der Waals surface area (Å²) in [6.45, 7) is 3.62. The minimum absolute atomic E-state index is 0.0190. The fourth-order valence-corrected chi connectivity index (χ4v) is 3.58. The molecule has 1 aromatic rings. The molecule has 0 aliphatic heterocycles. The first-order valence-corrected chi connectivity index (χ1v) is 12.6. The molecule has 216 valence electrons. The van der Waals surface area contributed by atoms with E-state index in [0.717, 1.165) is 0 Å². The zero-order chi connectivity index (χ0) is 29.5. The lowest BCUT2D eigenvalue weighted by molar-refractivity contribution is -0.144. The minimum Gasteiger partial charge on any atom is -0.481 e. The Balaban J connectivity index is 3.08. The van der Waals surface area contributed by atoms with Gasteiger partial charge in [0.1, 0.15) is 18.1 Å². The van der Waals surface area contributed by atoms with Gasteiger partial charge in [0.05, 0.1) is 12.5 Å². The summed E-state index contributed by atoms with van der Waals surface area (Å²) in [7, 11) is 0. The lowest BCUT2D eigenvalue weighted by Gasteiger charge is -2.26. The first-order chi connectivity index (χ1) is 18.3. The lowest BCUT2D eigenvalue weighted by Crippen LogP contribution is -2.58. The van der Waals surface area contributed by atoms with E-state index in [4.69, 9.17) is 17.2 Å². The van der Waals surface area contributed by atoms with Crippen molar-refractivity contribution in [3.8, 4) is 0 Å². The smallest absolute Gasteiger partial charge is 0.326 e. The number of nitrogens with two attached hydrogens (primary N) is 3. The van der Waals surface area contributed by atoms with Crippen molar-refractivity contribution < 1.29 is 34.2 Å². The average molecular weight is 550 g/mol. The molecule has 0 saturated heterocycles. The molecule has 0 aromatic heterocycles. The van der Waals surface area contributed by atoms with Gasteiger partial charge in [-0.15, -0.1) is 0 Å². The number of carboxylic acid groups (broad SMARTS) is 2. The first-order valence-electron chi connectivity index (χ1n) is 12.6. The molecule has 39 heavy (non-hydrogen) atoms. The van der Waals surface area contributed by atoms with Gasteiger partial charge in [-0.2, -0.15) is 0 Å². The summed E-state index contributed by atoms with van der Waals surface area (Å²) < 4.78 is 0. The van der Waals surface area contributed by atoms with Crippen molar-refractivity contribution in [2.24, 2.45) is 28.1 Å². The highest BCUT2D eigenvalue weighted by molar-refractivity contribution is 5.95. The number of aliphatic imine (C=N–C) groups is 1. The fourth-order valence-electron chi connectivity index (χ4n) is 3.58. The van der Waals surface area contributed by atoms with Crippen LogP contribution in [0.15, 0.2) is 35.3 Å². The molecule has 3 amide bonds. The van der Waals surface area contributed by atoms with Gasteiger partial charge in [0.25, 0.3) is 0 Å². The molecule has 0 spiro atoms. The number of rotatable bonds is 17. The van der Waals surface area contributed by atoms with Crippen LogP contribution in [0.5, 0.6) is 0 Å². The molecule has 0 radical (unpaired) electrons. The Morgan fingerprint density at radius 1 is 0.923 bits per heavy atom. The standard InChI is InChI=1S/C25H39N7O7/c1-3-14(2)20(24(38)39)32-23(37)18(13-19(33)34)31-22(36)17(12-15-8-5-4-6-9-15)30-21(35)16(26)10-7-11-29-25(27)28/h4-6,8-9,14,16-18,20H,3,7,10-13,26H2,1-2H3,(H,30,35)(H,31,36)(H,32,37)(H,33,34)(H,38,39)(H4,27,28,29). The fraction of sp³-hybridized carbons (Fsp3) is 0.520. The first kappa shape index (κ1) is 32.8. The van der Waals surface area contributed by atoms with Gasteiger partial charge in [0.15, 0.2) is 5.96 Å². The molecule has 1 aromatic carbocycles. The van der Waals surface area contributed by atoms with Crippen molar-refractivity contribution in [3.63, 3.8) is 0 Å². The van der Waals surface area contributed by atoms with Gasteiger partial charge in [-0.1, -0.05) is 50.6 Å². The highest BCUT2D eigenvalue weighted by Crippen LogP contribution is 2.10. The zero-order valence-electron chi connectivity index (χ0n) is 22.1. The number of carbonyl (C=O) groups is 5. The van der Waals surface area contributed by atoms with Crippen LogP contribution in [-0.2, 0) is 30.4 Å². The van der Waals surface area contributed by atoms with E-state index in [-0.39, 0.29) is 25.3 Å². The molecule has 0 aliphatic carbocycles. The van der Waals surface area contributed by atoms with Gasteiger partial charge in [-0.3, -0.25) is 24.2 Å². The number of carboxylic acids is 2. The molecule has 11 N–H and O–H groups in total. The Morgan fingerprint density at radius 3 is 2.05 bits per heavy atom. The van der Waals surface area contributed by atoms with Crippen molar-refractivity contribution >= 4 is 35.6 Å². The average Bonchev–Trinajstić information content (AvgIpc) is 2.88. The van der Waals surface area contributed by atoms with Crippen LogP contribution in [0.4, 0.5) is 0 Å². The number of nitrogens with zero attached hydrogens (tertiary/aromatic N) is 1.